The van der Waals surface area contributed by atoms with E-state index in [2.05, 4.69) is 5.32 Å². The number of nitrogens with zero attached hydrogens (tertiary/aromatic N) is 1. The van der Waals surface area contributed by atoms with E-state index in [9.17, 15) is 9.59 Å². The van der Waals surface area contributed by atoms with Crippen LogP contribution in [-0.2, 0) is 11.3 Å². The molecule has 1 aliphatic heterocycles. The fourth-order valence-corrected chi connectivity index (χ4v) is 3.18. The zero-order valence-electron chi connectivity index (χ0n) is 11.5. The van der Waals surface area contributed by atoms with Gasteiger partial charge in [-0.25, -0.2) is 0 Å². The smallest absolute Gasteiger partial charge is 0.291 e. The predicted molar refractivity (Wildman–Crippen MR) is 88.8 cm³/mol. The second kappa shape index (κ2) is 6.42. The first-order chi connectivity index (χ1) is 10.6. The van der Waals surface area contributed by atoms with Crippen molar-refractivity contribution in [3.05, 3.63) is 65.2 Å². The number of hydrogen-bond donors (Lipinski definition) is 1. The lowest BCUT2D eigenvalue weighted by atomic mass is 10.2. The summed E-state index contributed by atoms with van der Waals surface area (Å²) in [6.45, 7) is 0.296. The molecule has 6 heteroatoms. The minimum absolute atomic E-state index is 0.228. The van der Waals surface area contributed by atoms with Crippen molar-refractivity contribution in [1.29, 1.82) is 0 Å². The number of anilines is 1. The van der Waals surface area contributed by atoms with E-state index in [-0.39, 0.29) is 11.1 Å². The molecule has 0 aliphatic carbocycles. The number of amides is 2. The van der Waals surface area contributed by atoms with Crippen molar-refractivity contribution in [1.82, 2.24) is 4.90 Å². The molecule has 1 heterocycles. The average Bonchev–Trinajstić information content (AvgIpc) is 2.78. The predicted octanol–water partition coefficient (Wildman–Crippen LogP) is 3.97. The Morgan fingerprint density at radius 3 is 2.41 bits per heavy atom. The molecule has 1 fully saturated rings. The first-order valence-electron chi connectivity index (χ1n) is 6.71. The molecule has 2 amide bonds. The standard InChI is InChI=1S/C16H13ClN2O2S/c17-12-6-8-13(9-7-12)18-14-15(20)19(16(21)22-14)10-11-4-2-1-3-5-11/h1-9,14,18H,10H2/t14-/m1/s1. The Labute approximate surface area is 137 Å². The second-order valence-electron chi connectivity index (χ2n) is 4.83. The van der Waals surface area contributed by atoms with Crippen LogP contribution in [0.15, 0.2) is 54.6 Å². The Kier molecular flexibility index (Phi) is 4.36. The Balaban J connectivity index is 1.70. The highest BCUT2D eigenvalue weighted by atomic mass is 35.5. The van der Waals surface area contributed by atoms with Gasteiger partial charge in [-0.15, -0.1) is 0 Å². The number of halogens is 1. The second-order valence-corrected chi connectivity index (χ2v) is 6.32. The molecule has 3 rings (SSSR count). The van der Waals surface area contributed by atoms with E-state index in [0.717, 1.165) is 23.0 Å². The summed E-state index contributed by atoms with van der Waals surface area (Å²) < 4.78 is 0. The summed E-state index contributed by atoms with van der Waals surface area (Å²) in [5.74, 6) is -0.228. The number of hydrogen-bond acceptors (Lipinski definition) is 4. The van der Waals surface area contributed by atoms with E-state index in [1.807, 2.05) is 30.3 Å². The van der Waals surface area contributed by atoms with Gasteiger partial charge in [0, 0.05) is 10.7 Å². The molecule has 22 heavy (non-hydrogen) atoms. The maximum atomic E-state index is 12.4. The molecule has 0 spiro atoms. The van der Waals surface area contributed by atoms with Gasteiger partial charge in [-0.3, -0.25) is 14.5 Å². The Hall–Kier alpha value is -1.98. The average molecular weight is 333 g/mol. The summed E-state index contributed by atoms with van der Waals surface area (Å²) in [5, 5.41) is 2.84. The van der Waals surface area contributed by atoms with Crippen molar-refractivity contribution in [3.8, 4) is 0 Å². The quantitative estimate of drug-likeness (QED) is 0.920. The molecule has 2 aromatic carbocycles. The van der Waals surface area contributed by atoms with Gasteiger partial charge in [0.25, 0.3) is 11.1 Å². The lowest BCUT2D eigenvalue weighted by molar-refractivity contribution is -0.126. The van der Waals surface area contributed by atoms with Gasteiger partial charge in [0.2, 0.25) is 0 Å². The molecule has 4 nitrogen and oxygen atoms in total. The Morgan fingerprint density at radius 2 is 1.73 bits per heavy atom. The lowest BCUT2D eigenvalue weighted by Gasteiger charge is -2.15. The number of imide groups is 1. The summed E-state index contributed by atoms with van der Waals surface area (Å²) in [4.78, 5) is 25.7. The molecule has 112 valence electrons. The number of carbonyl (C=O) groups is 2. The molecule has 0 saturated carbocycles. The van der Waals surface area contributed by atoms with E-state index >= 15 is 0 Å². The third-order valence-corrected chi connectivity index (χ3v) is 4.48. The minimum Gasteiger partial charge on any atom is -0.365 e. The van der Waals surface area contributed by atoms with Crippen LogP contribution in [0.3, 0.4) is 0 Å². The van der Waals surface area contributed by atoms with Crippen molar-refractivity contribution in [2.75, 3.05) is 5.32 Å². The zero-order chi connectivity index (χ0) is 15.5. The van der Waals surface area contributed by atoms with Gasteiger partial charge in [0.15, 0.2) is 5.37 Å². The molecule has 2 aromatic rings. The molecular formula is C16H13ClN2O2S. The van der Waals surface area contributed by atoms with Crippen LogP contribution >= 0.6 is 23.4 Å². The number of nitrogens with one attached hydrogen (secondary N) is 1. The molecule has 0 unspecified atom stereocenters. The largest absolute Gasteiger partial charge is 0.365 e. The van der Waals surface area contributed by atoms with Crippen molar-refractivity contribution in [2.45, 2.75) is 11.9 Å². The number of rotatable bonds is 4. The summed E-state index contributed by atoms with van der Waals surface area (Å²) in [6, 6.07) is 16.5. The fourth-order valence-electron chi connectivity index (χ4n) is 2.14. The first kappa shape index (κ1) is 14.9. The molecule has 0 radical (unpaired) electrons. The van der Waals surface area contributed by atoms with Gasteiger partial charge in [-0.2, -0.15) is 0 Å². The summed E-state index contributed by atoms with van der Waals surface area (Å²) in [5.41, 5.74) is 1.68. The van der Waals surface area contributed by atoms with Gasteiger partial charge in [0.05, 0.1) is 6.54 Å². The van der Waals surface area contributed by atoms with Crippen LogP contribution in [0, 0.1) is 0 Å². The van der Waals surface area contributed by atoms with Crippen molar-refractivity contribution in [3.63, 3.8) is 0 Å². The minimum atomic E-state index is -0.600. The molecule has 0 bridgehead atoms. The van der Waals surface area contributed by atoms with Gasteiger partial charge >= 0.3 is 0 Å². The highest BCUT2D eigenvalue weighted by Gasteiger charge is 2.39. The Bertz CT molecular complexity index is 691. The van der Waals surface area contributed by atoms with Crippen LogP contribution in [0.25, 0.3) is 0 Å². The Morgan fingerprint density at radius 1 is 1.05 bits per heavy atom. The normalized spacial score (nSPS) is 17.9. The molecule has 1 saturated heterocycles. The number of carbonyl (C=O) groups excluding carboxylic acids is 2. The van der Waals surface area contributed by atoms with Gasteiger partial charge < -0.3 is 5.32 Å². The third kappa shape index (κ3) is 3.26. The fraction of sp³-hybridized carbons (Fsp3) is 0.125. The van der Waals surface area contributed by atoms with Gasteiger partial charge in [-0.1, -0.05) is 41.9 Å². The molecule has 1 atom stereocenters. The van der Waals surface area contributed by atoms with E-state index in [4.69, 9.17) is 11.6 Å². The molecule has 1 N–H and O–H groups in total. The maximum absolute atomic E-state index is 12.4. The summed E-state index contributed by atoms with van der Waals surface area (Å²) in [6.07, 6.45) is 0. The molecule has 0 aromatic heterocycles. The topological polar surface area (TPSA) is 49.4 Å². The molecular weight excluding hydrogens is 320 g/mol. The van der Waals surface area contributed by atoms with Gasteiger partial charge in [0.1, 0.15) is 0 Å². The van der Waals surface area contributed by atoms with E-state index < -0.39 is 5.37 Å². The molecule has 1 aliphatic rings. The number of thioether (sulfide) groups is 1. The highest BCUT2D eigenvalue weighted by molar-refractivity contribution is 8.15. The van der Waals surface area contributed by atoms with E-state index in [1.165, 1.54) is 4.90 Å². The van der Waals surface area contributed by atoms with Crippen molar-refractivity contribution < 1.29 is 9.59 Å². The van der Waals surface area contributed by atoms with Crippen LogP contribution in [-0.4, -0.2) is 21.4 Å². The van der Waals surface area contributed by atoms with Gasteiger partial charge in [-0.05, 0) is 41.6 Å². The number of benzene rings is 2. The summed E-state index contributed by atoms with van der Waals surface area (Å²) >= 11 is 6.82. The monoisotopic (exact) mass is 332 g/mol. The van der Waals surface area contributed by atoms with Crippen LogP contribution < -0.4 is 5.32 Å². The highest BCUT2D eigenvalue weighted by Crippen LogP contribution is 2.29. The van der Waals surface area contributed by atoms with Crippen LogP contribution in [0.2, 0.25) is 5.02 Å². The van der Waals surface area contributed by atoms with Crippen molar-refractivity contribution >= 4 is 40.2 Å². The first-order valence-corrected chi connectivity index (χ1v) is 7.97. The third-order valence-electron chi connectivity index (χ3n) is 3.25. The van der Waals surface area contributed by atoms with E-state index in [0.29, 0.717) is 11.6 Å². The zero-order valence-corrected chi connectivity index (χ0v) is 13.1. The van der Waals surface area contributed by atoms with Crippen LogP contribution in [0.1, 0.15) is 5.56 Å². The van der Waals surface area contributed by atoms with Crippen LogP contribution in [0.4, 0.5) is 10.5 Å². The lowest BCUT2D eigenvalue weighted by Crippen LogP contribution is -2.33. The SMILES string of the molecule is O=C1S[C@@H](Nc2ccc(Cl)cc2)C(=O)N1Cc1ccccc1. The maximum Gasteiger partial charge on any atom is 0.291 e. The van der Waals surface area contributed by atoms with Crippen LogP contribution in [0.5, 0.6) is 0 Å². The summed E-state index contributed by atoms with van der Waals surface area (Å²) in [7, 11) is 0. The van der Waals surface area contributed by atoms with E-state index in [1.54, 1.807) is 24.3 Å². The van der Waals surface area contributed by atoms with Crippen molar-refractivity contribution in [2.24, 2.45) is 0 Å².